The number of carbonyl (C=O) groups excluding carboxylic acids is 1. The van der Waals surface area contributed by atoms with E-state index in [0.717, 1.165) is 36.2 Å². The van der Waals surface area contributed by atoms with E-state index in [1.54, 1.807) is 12.4 Å². The van der Waals surface area contributed by atoms with E-state index in [1.807, 2.05) is 36.9 Å². The zero-order valence-electron chi connectivity index (χ0n) is 18.8. The van der Waals surface area contributed by atoms with Crippen molar-refractivity contribution in [1.82, 2.24) is 19.9 Å². The number of piperidine rings is 1. The molecule has 1 amide bonds. The number of anilines is 1. The maximum absolute atomic E-state index is 13.7. The highest BCUT2D eigenvalue weighted by Gasteiger charge is 2.47. The van der Waals surface area contributed by atoms with Crippen LogP contribution in [0.2, 0.25) is 0 Å². The van der Waals surface area contributed by atoms with Gasteiger partial charge in [-0.3, -0.25) is 14.8 Å². The highest BCUT2D eigenvalue weighted by molar-refractivity contribution is 6.00. The largest absolute Gasteiger partial charge is 0.417 e. The van der Waals surface area contributed by atoms with Crippen molar-refractivity contribution in [3.63, 3.8) is 0 Å². The zero-order chi connectivity index (χ0) is 24.0. The quantitative estimate of drug-likeness (QED) is 0.592. The summed E-state index contributed by atoms with van der Waals surface area (Å²) in [6.07, 6.45) is 1.52. The summed E-state index contributed by atoms with van der Waals surface area (Å²) in [7, 11) is 0. The first-order chi connectivity index (χ1) is 16.2. The van der Waals surface area contributed by atoms with Gasteiger partial charge in [-0.15, -0.1) is 0 Å². The van der Waals surface area contributed by atoms with Crippen molar-refractivity contribution in [2.24, 2.45) is 5.92 Å². The molecule has 0 radical (unpaired) electrons. The van der Waals surface area contributed by atoms with Crippen LogP contribution in [0.15, 0.2) is 48.9 Å². The Morgan fingerprint density at radius 3 is 2.56 bits per heavy atom. The molecule has 0 aromatic carbocycles. The molecule has 1 N–H and O–H groups in total. The maximum atomic E-state index is 13.7. The Morgan fingerprint density at radius 1 is 1.06 bits per heavy atom. The highest BCUT2D eigenvalue weighted by Crippen LogP contribution is 2.40. The first-order valence-corrected chi connectivity index (χ1v) is 11.2. The third-order valence-corrected chi connectivity index (χ3v) is 6.66. The molecule has 2 fully saturated rings. The third-order valence-electron chi connectivity index (χ3n) is 6.66. The van der Waals surface area contributed by atoms with Crippen LogP contribution in [0.3, 0.4) is 0 Å². The van der Waals surface area contributed by atoms with Gasteiger partial charge < -0.3 is 10.2 Å². The third kappa shape index (κ3) is 4.10. The molecule has 1 aliphatic carbocycles. The minimum atomic E-state index is -4.42. The SMILES string of the molecule is Cc1cnc(-c2ncccc2C)c(C(=O)N2C[C@H]3C[C@@H](Nc4ccc(C(F)(F)F)cn4)[C@@H]2C3)c1. The second kappa shape index (κ2) is 8.38. The number of likely N-dealkylation sites (tertiary alicyclic amines) is 1. The number of aromatic nitrogens is 3. The molecule has 3 atom stereocenters. The van der Waals surface area contributed by atoms with E-state index >= 15 is 0 Å². The molecule has 5 rings (SSSR count). The zero-order valence-corrected chi connectivity index (χ0v) is 18.8. The standard InChI is InChI=1S/C25H24F3N5O/c1-14-8-18(23(31-11-14)22-15(2)4-3-7-29-22)24(34)33-13-16-9-19(20(33)10-16)32-21-6-5-17(12-30-21)25(26,27)28/h3-8,11-12,16,19-20H,9-10,13H2,1-2H3,(H,30,32)/t16-,19+,20-/m0/s1. The second-order valence-corrected chi connectivity index (χ2v) is 9.12. The van der Waals surface area contributed by atoms with Crippen molar-refractivity contribution < 1.29 is 18.0 Å². The van der Waals surface area contributed by atoms with Gasteiger partial charge in [-0.2, -0.15) is 13.2 Å². The molecule has 2 aliphatic rings. The Labute approximate surface area is 195 Å². The summed E-state index contributed by atoms with van der Waals surface area (Å²) in [6.45, 7) is 4.49. The second-order valence-electron chi connectivity index (χ2n) is 9.12. The number of rotatable bonds is 4. The van der Waals surface area contributed by atoms with E-state index in [2.05, 4.69) is 20.3 Å². The van der Waals surface area contributed by atoms with Gasteiger partial charge in [0.15, 0.2) is 0 Å². The Bertz CT molecular complexity index is 1230. The minimum Gasteiger partial charge on any atom is -0.365 e. The molecule has 1 saturated carbocycles. The van der Waals surface area contributed by atoms with E-state index in [4.69, 9.17) is 0 Å². The molecule has 6 nitrogen and oxygen atoms in total. The van der Waals surface area contributed by atoms with Crippen LogP contribution in [0.1, 0.15) is 39.9 Å². The van der Waals surface area contributed by atoms with Crippen LogP contribution in [0, 0.1) is 19.8 Å². The number of hydrogen-bond donors (Lipinski definition) is 1. The number of halogens is 3. The van der Waals surface area contributed by atoms with Crippen molar-refractivity contribution in [3.05, 3.63) is 71.2 Å². The van der Waals surface area contributed by atoms with Gasteiger partial charge in [0.25, 0.3) is 5.91 Å². The van der Waals surface area contributed by atoms with Crippen molar-refractivity contribution in [2.45, 2.75) is 44.9 Å². The molecule has 4 heterocycles. The number of hydrogen-bond acceptors (Lipinski definition) is 5. The normalized spacial score (nSPS) is 21.7. The fraction of sp³-hybridized carbons (Fsp3) is 0.360. The molecule has 9 heteroatoms. The Hall–Kier alpha value is -3.49. The molecular formula is C25H24F3N5O. The van der Waals surface area contributed by atoms with Crippen molar-refractivity contribution in [3.8, 4) is 11.4 Å². The molecule has 3 aromatic rings. The summed E-state index contributed by atoms with van der Waals surface area (Å²) in [4.78, 5) is 28.6. The molecule has 34 heavy (non-hydrogen) atoms. The van der Waals surface area contributed by atoms with Crippen molar-refractivity contribution in [1.29, 1.82) is 0 Å². The fourth-order valence-electron chi connectivity index (χ4n) is 5.06. The van der Waals surface area contributed by atoms with Gasteiger partial charge in [0.05, 0.1) is 22.9 Å². The van der Waals surface area contributed by atoms with Gasteiger partial charge in [0, 0.05) is 31.2 Å². The average molecular weight is 467 g/mol. The average Bonchev–Trinajstić information content (AvgIpc) is 3.40. The van der Waals surface area contributed by atoms with E-state index in [1.165, 1.54) is 6.07 Å². The Kier molecular flexibility index (Phi) is 5.50. The molecule has 0 unspecified atom stereocenters. The summed E-state index contributed by atoms with van der Waals surface area (Å²) in [6, 6.07) is 7.85. The van der Waals surface area contributed by atoms with Crippen molar-refractivity contribution in [2.75, 3.05) is 11.9 Å². The molecule has 3 aromatic heterocycles. The summed E-state index contributed by atoms with van der Waals surface area (Å²) < 4.78 is 38.5. The van der Waals surface area contributed by atoms with Gasteiger partial charge in [-0.05, 0) is 68.0 Å². The number of amides is 1. The monoisotopic (exact) mass is 467 g/mol. The minimum absolute atomic E-state index is 0.0696. The van der Waals surface area contributed by atoms with E-state index < -0.39 is 11.7 Å². The van der Waals surface area contributed by atoms with E-state index in [9.17, 15) is 18.0 Å². The number of nitrogens with one attached hydrogen (secondary N) is 1. The van der Waals surface area contributed by atoms with Crippen LogP contribution in [0.25, 0.3) is 11.4 Å². The predicted octanol–water partition coefficient (Wildman–Crippen LogP) is 4.89. The number of alkyl halides is 3. The van der Waals surface area contributed by atoms with Crippen LogP contribution >= 0.6 is 0 Å². The molecule has 176 valence electrons. The predicted molar refractivity (Wildman–Crippen MR) is 121 cm³/mol. The molecule has 1 saturated heterocycles. The molecule has 0 spiro atoms. The highest BCUT2D eigenvalue weighted by atomic mass is 19.4. The lowest BCUT2D eigenvalue weighted by Gasteiger charge is -2.34. The molecular weight excluding hydrogens is 443 g/mol. The smallest absolute Gasteiger partial charge is 0.365 e. The Balaban J connectivity index is 1.39. The van der Waals surface area contributed by atoms with Crippen LogP contribution in [-0.2, 0) is 6.18 Å². The van der Waals surface area contributed by atoms with Crippen LogP contribution < -0.4 is 5.32 Å². The van der Waals surface area contributed by atoms with Crippen LogP contribution in [0.4, 0.5) is 19.0 Å². The number of nitrogens with zero attached hydrogens (tertiary/aromatic N) is 4. The van der Waals surface area contributed by atoms with E-state index in [-0.39, 0.29) is 18.0 Å². The number of fused-ring (bicyclic) bond motifs is 2. The van der Waals surface area contributed by atoms with Gasteiger partial charge in [0.1, 0.15) is 11.5 Å². The fourth-order valence-corrected chi connectivity index (χ4v) is 5.06. The Morgan fingerprint density at radius 2 is 1.88 bits per heavy atom. The molecule has 1 aliphatic heterocycles. The maximum Gasteiger partial charge on any atom is 0.417 e. The van der Waals surface area contributed by atoms with Gasteiger partial charge in [0.2, 0.25) is 0 Å². The summed E-state index contributed by atoms with van der Waals surface area (Å²) in [5.74, 6) is 0.606. The van der Waals surface area contributed by atoms with Crippen LogP contribution in [0.5, 0.6) is 0 Å². The van der Waals surface area contributed by atoms with Crippen LogP contribution in [-0.4, -0.2) is 44.4 Å². The number of pyridine rings is 3. The summed E-state index contributed by atoms with van der Waals surface area (Å²) in [5.41, 5.74) is 2.79. The first kappa shape index (κ1) is 22.3. The first-order valence-electron chi connectivity index (χ1n) is 11.2. The van der Waals surface area contributed by atoms with Crippen molar-refractivity contribution >= 4 is 11.7 Å². The summed E-state index contributed by atoms with van der Waals surface area (Å²) >= 11 is 0. The van der Waals surface area contributed by atoms with Gasteiger partial charge in [-0.25, -0.2) is 4.98 Å². The van der Waals surface area contributed by atoms with Gasteiger partial charge in [-0.1, -0.05) is 6.07 Å². The lowest BCUT2D eigenvalue weighted by atomic mass is 10.0. The molecule has 2 bridgehead atoms. The summed E-state index contributed by atoms with van der Waals surface area (Å²) in [5, 5.41) is 3.25. The lowest BCUT2D eigenvalue weighted by molar-refractivity contribution is -0.137. The van der Waals surface area contributed by atoms with E-state index in [0.29, 0.717) is 35.2 Å². The lowest BCUT2D eigenvalue weighted by Crippen LogP contribution is -2.48. The number of carbonyl (C=O) groups is 1. The topological polar surface area (TPSA) is 71.0 Å². The van der Waals surface area contributed by atoms with Gasteiger partial charge >= 0.3 is 6.18 Å². The number of aryl methyl sites for hydroxylation is 2.